The lowest BCUT2D eigenvalue weighted by Crippen LogP contribution is -2.43. The van der Waals surface area contributed by atoms with Crippen molar-refractivity contribution >= 4 is 15.9 Å². The molecule has 3 rings (SSSR count). The molecule has 1 aliphatic rings. The first-order valence-corrected chi connectivity index (χ1v) is 10.8. The molecule has 0 atom stereocenters. The van der Waals surface area contributed by atoms with Gasteiger partial charge in [0.25, 0.3) is 0 Å². The van der Waals surface area contributed by atoms with Crippen LogP contribution in [0.1, 0.15) is 24.0 Å². The van der Waals surface area contributed by atoms with Gasteiger partial charge in [-0.05, 0) is 49.4 Å². The van der Waals surface area contributed by atoms with Crippen molar-refractivity contribution in [2.24, 2.45) is 5.92 Å². The Hall–Kier alpha value is -2.18. The number of benzene rings is 2. The molecule has 1 saturated heterocycles. The number of piperidine rings is 1. The molecule has 144 valence electrons. The van der Waals surface area contributed by atoms with E-state index in [4.69, 9.17) is 0 Å². The second kappa shape index (κ2) is 8.67. The molecule has 1 amide bonds. The van der Waals surface area contributed by atoms with Crippen molar-refractivity contribution in [3.63, 3.8) is 0 Å². The fraction of sp³-hybridized carbons (Fsp3) is 0.381. The van der Waals surface area contributed by atoms with Gasteiger partial charge in [-0.25, -0.2) is 8.42 Å². The minimum Gasteiger partial charge on any atom is -0.356 e. The third-order valence-corrected chi connectivity index (χ3v) is 7.07. The highest BCUT2D eigenvalue weighted by molar-refractivity contribution is 7.89. The first-order valence-electron chi connectivity index (χ1n) is 9.36. The molecule has 2 aromatic carbocycles. The molecule has 0 aliphatic carbocycles. The minimum absolute atomic E-state index is 0.0281. The summed E-state index contributed by atoms with van der Waals surface area (Å²) < 4.78 is 26.8. The number of hydrogen-bond donors (Lipinski definition) is 1. The SMILES string of the molecule is Cc1ccccc1CCNC(=O)C1CCN(S(=O)(=O)c2ccccc2)CC1. The Labute approximate surface area is 161 Å². The molecule has 0 saturated carbocycles. The van der Waals surface area contributed by atoms with E-state index >= 15 is 0 Å². The third-order valence-electron chi connectivity index (χ3n) is 5.16. The molecule has 2 aromatic rings. The van der Waals surface area contributed by atoms with Gasteiger partial charge in [-0.2, -0.15) is 4.31 Å². The molecule has 1 heterocycles. The predicted octanol–water partition coefficient (Wildman–Crippen LogP) is 2.75. The van der Waals surface area contributed by atoms with E-state index in [1.54, 1.807) is 30.3 Å². The first-order chi connectivity index (χ1) is 13.0. The summed E-state index contributed by atoms with van der Waals surface area (Å²) in [5.74, 6) is -0.0931. The highest BCUT2D eigenvalue weighted by Crippen LogP contribution is 2.23. The molecule has 0 spiro atoms. The summed E-state index contributed by atoms with van der Waals surface area (Å²) in [5.41, 5.74) is 2.47. The number of nitrogens with one attached hydrogen (secondary N) is 1. The van der Waals surface area contributed by atoms with Crippen molar-refractivity contribution in [2.45, 2.75) is 31.1 Å². The van der Waals surface area contributed by atoms with Crippen molar-refractivity contribution in [3.8, 4) is 0 Å². The minimum atomic E-state index is -3.47. The smallest absolute Gasteiger partial charge is 0.243 e. The summed E-state index contributed by atoms with van der Waals surface area (Å²) in [4.78, 5) is 12.7. The second-order valence-electron chi connectivity index (χ2n) is 6.96. The largest absolute Gasteiger partial charge is 0.356 e. The van der Waals surface area contributed by atoms with Crippen LogP contribution in [0.15, 0.2) is 59.5 Å². The molecule has 0 unspecified atom stereocenters. The summed E-state index contributed by atoms with van der Waals surface area (Å²) in [5, 5.41) is 3.01. The monoisotopic (exact) mass is 386 g/mol. The molecular formula is C21H26N2O3S. The van der Waals surface area contributed by atoms with Crippen molar-refractivity contribution in [3.05, 3.63) is 65.7 Å². The number of hydrogen-bond acceptors (Lipinski definition) is 3. The zero-order chi connectivity index (χ0) is 19.3. The number of carbonyl (C=O) groups excluding carboxylic acids is 1. The van der Waals surface area contributed by atoms with E-state index in [0.29, 0.717) is 37.4 Å². The van der Waals surface area contributed by atoms with Gasteiger partial charge >= 0.3 is 0 Å². The van der Waals surface area contributed by atoms with E-state index in [-0.39, 0.29) is 11.8 Å². The number of sulfonamides is 1. The van der Waals surface area contributed by atoms with E-state index in [1.165, 1.54) is 15.4 Å². The average Bonchev–Trinajstić information content (AvgIpc) is 2.70. The molecular weight excluding hydrogens is 360 g/mol. The summed E-state index contributed by atoms with van der Waals surface area (Å²) in [7, 11) is -3.47. The number of amides is 1. The molecule has 1 fully saturated rings. The number of aryl methyl sites for hydroxylation is 1. The van der Waals surface area contributed by atoms with Crippen molar-refractivity contribution in [2.75, 3.05) is 19.6 Å². The normalized spacial score (nSPS) is 16.2. The van der Waals surface area contributed by atoms with Crippen LogP contribution >= 0.6 is 0 Å². The molecule has 0 aromatic heterocycles. The lowest BCUT2D eigenvalue weighted by atomic mass is 9.97. The topological polar surface area (TPSA) is 66.5 Å². The van der Waals surface area contributed by atoms with Gasteiger partial charge in [0, 0.05) is 25.6 Å². The van der Waals surface area contributed by atoms with Gasteiger partial charge in [0.1, 0.15) is 0 Å². The number of nitrogens with zero attached hydrogens (tertiary/aromatic N) is 1. The summed E-state index contributed by atoms with van der Waals surface area (Å²) in [6.07, 6.45) is 1.92. The molecule has 0 bridgehead atoms. The van der Waals surface area contributed by atoms with Crippen molar-refractivity contribution in [1.82, 2.24) is 9.62 Å². The van der Waals surface area contributed by atoms with Crippen molar-refractivity contribution < 1.29 is 13.2 Å². The van der Waals surface area contributed by atoms with Gasteiger partial charge in [-0.15, -0.1) is 0 Å². The van der Waals surface area contributed by atoms with Crippen LogP contribution in [-0.2, 0) is 21.2 Å². The van der Waals surface area contributed by atoms with Crippen LogP contribution in [0.2, 0.25) is 0 Å². The van der Waals surface area contributed by atoms with Crippen LogP contribution in [0.3, 0.4) is 0 Å². The molecule has 1 N–H and O–H groups in total. The molecule has 0 radical (unpaired) electrons. The zero-order valence-corrected chi connectivity index (χ0v) is 16.4. The Morgan fingerprint density at radius 1 is 1.04 bits per heavy atom. The Bertz CT molecular complexity index is 873. The Balaban J connectivity index is 1.49. The van der Waals surface area contributed by atoms with Crippen LogP contribution in [0.4, 0.5) is 0 Å². The van der Waals surface area contributed by atoms with E-state index in [9.17, 15) is 13.2 Å². The summed E-state index contributed by atoms with van der Waals surface area (Å²) >= 11 is 0. The third kappa shape index (κ3) is 4.76. The maximum absolute atomic E-state index is 12.6. The van der Waals surface area contributed by atoms with Crippen LogP contribution in [-0.4, -0.2) is 38.3 Å². The molecule has 27 heavy (non-hydrogen) atoms. The molecule has 5 nitrogen and oxygen atoms in total. The van der Waals surface area contributed by atoms with Gasteiger partial charge in [-0.3, -0.25) is 4.79 Å². The van der Waals surface area contributed by atoms with Gasteiger partial charge in [0.15, 0.2) is 0 Å². The fourth-order valence-electron chi connectivity index (χ4n) is 3.46. The summed E-state index contributed by atoms with van der Waals surface area (Å²) in [6, 6.07) is 16.6. The lowest BCUT2D eigenvalue weighted by Gasteiger charge is -2.30. The highest BCUT2D eigenvalue weighted by Gasteiger charge is 2.31. The first kappa shape index (κ1) is 19.6. The van der Waals surface area contributed by atoms with Gasteiger partial charge in [0.2, 0.25) is 15.9 Å². The van der Waals surface area contributed by atoms with Crippen molar-refractivity contribution in [1.29, 1.82) is 0 Å². The highest BCUT2D eigenvalue weighted by atomic mass is 32.2. The average molecular weight is 387 g/mol. The van der Waals surface area contributed by atoms with Gasteiger partial charge < -0.3 is 5.32 Å². The van der Waals surface area contributed by atoms with Gasteiger partial charge in [-0.1, -0.05) is 42.5 Å². The maximum atomic E-state index is 12.6. The van der Waals surface area contributed by atoms with E-state index in [1.807, 2.05) is 12.1 Å². The summed E-state index contributed by atoms with van der Waals surface area (Å²) in [6.45, 7) is 3.44. The van der Waals surface area contributed by atoms with E-state index in [2.05, 4.69) is 24.4 Å². The quantitative estimate of drug-likeness (QED) is 0.830. The second-order valence-corrected chi connectivity index (χ2v) is 8.90. The van der Waals surface area contributed by atoms with E-state index in [0.717, 1.165) is 6.42 Å². The van der Waals surface area contributed by atoms with Crippen LogP contribution in [0.25, 0.3) is 0 Å². The number of carbonyl (C=O) groups is 1. The van der Waals surface area contributed by atoms with Crippen LogP contribution < -0.4 is 5.32 Å². The predicted molar refractivity (Wildman–Crippen MR) is 106 cm³/mol. The van der Waals surface area contributed by atoms with E-state index < -0.39 is 10.0 Å². The number of rotatable bonds is 6. The fourth-order valence-corrected chi connectivity index (χ4v) is 4.95. The van der Waals surface area contributed by atoms with Crippen LogP contribution in [0.5, 0.6) is 0 Å². The Morgan fingerprint density at radius 3 is 2.33 bits per heavy atom. The Kier molecular flexibility index (Phi) is 6.29. The van der Waals surface area contributed by atoms with Gasteiger partial charge in [0.05, 0.1) is 4.90 Å². The maximum Gasteiger partial charge on any atom is 0.243 e. The molecule has 1 aliphatic heterocycles. The van der Waals surface area contributed by atoms with Crippen LogP contribution in [0, 0.1) is 12.8 Å². The Morgan fingerprint density at radius 2 is 1.67 bits per heavy atom. The lowest BCUT2D eigenvalue weighted by molar-refractivity contribution is -0.126. The molecule has 6 heteroatoms. The standard InChI is InChI=1S/C21H26N2O3S/c1-17-7-5-6-8-18(17)11-14-22-21(24)19-12-15-23(16-13-19)27(25,26)20-9-3-2-4-10-20/h2-10,19H,11-16H2,1H3,(H,22,24). The zero-order valence-electron chi connectivity index (χ0n) is 15.6.